The lowest BCUT2D eigenvalue weighted by Gasteiger charge is -2.41. The van der Waals surface area contributed by atoms with Crippen LogP contribution in [0.5, 0.6) is 0 Å². The Labute approximate surface area is 163 Å². The first-order chi connectivity index (χ1) is 14.0. The Balaban J connectivity index is 1.57. The summed E-state index contributed by atoms with van der Waals surface area (Å²) in [5.41, 5.74) is 1.19. The molecule has 0 unspecified atom stereocenters. The zero-order chi connectivity index (χ0) is 20.1. The molecule has 1 aromatic carbocycles. The quantitative estimate of drug-likeness (QED) is 0.698. The summed E-state index contributed by atoms with van der Waals surface area (Å²) in [5, 5.41) is 17.9. The van der Waals surface area contributed by atoms with Crippen molar-refractivity contribution in [1.82, 2.24) is 20.2 Å². The number of H-pyrrole nitrogens is 1. The highest BCUT2D eigenvalue weighted by atomic mass is 19.1. The fourth-order valence-corrected chi connectivity index (χ4v) is 4.67. The number of hydrogen-bond donors (Lipinski definition) is 2. The number of carbonyl (C=O) groups is 1. The van der Waals surface area contributed by atoms with Crippen molar-refractivity contribution in [3.63, 3.8) is 0 Å². The van der Waals surface area contributed by atoms with E-state index in [9.17, 15) is 18.7 Å². The smallest absolute Gasteiger partial charge is 0.312 e. The Morgan fingerprint density at radius 3 is 2.76 bits per heavy atom. The van der Waals surface area contributed by atoms with Crippen molar-refractivity contribution >= 4 is 28.4 Å². The van der Waals surface area contributed by atoms with E-state index >= 15 is 0 Å². The van der Waals surface area contributed by atoms with Gasteiger partial charge in [0.1, 0.15) is 11.6 Å². The van der Waals surface area contributed by atoms with Crippen molar-refractivity contribution in [2.45, 2.75) is 25.7 Å². The van der Waals surface area contributed by atoms with Crippen LogP contribution in [0.4, 0.5) is 14.6 Å². The number of carboxylic acid groups (broad SMARTS) is 1. The highest BCUT2D eigenvalue weighted by molar-refractivity contribution is 6.05. The maximum Gasteiger partial charge on any atom is 0.312 e. The lowest BCUT2D eigenvalue weighted by molar-refractivity contribution is -0.142. The summed E-state index contributed by atoms with van der Waals surface area (Å²) in [5.74, 6) is -2.23. The lowest BCUT2D eigenvalue weighted by Crippen LogP contribution is -2.44. The fourth-order valence-electron chi connectivity index (χ4n) is 4.67. The van der Waals surface area contributed by atoms with E-state index in [2.05, 4.69) is 25.2 Å². The van der Waals surface area contributed by atoms with Crippen LogP contribution in [0.3, 0.4) is 0 Å². The zero-order valence-corrected chi connectivity index (χ0v) is 15.3. The predicted molar refractivity (Wildman–Crippen MR) is 101 cm³/mol. The van der Waals surface area contributed by atoms with Gasteiger partial charge in [0.25, 0.3) is 0 Å². The Kier molecular flexibility index (Phi) is 4.11. The molecule has 3 aromatic rings. The molecule has 3 saturated carbocycles. The maximum absolute atomic E-state index is 14.0. The highest BCUT2D eigenvalue weighted by Crippen LogP contribution is 2.44. The standard InChI is InChI=1S/C20H17F2N5O2/c21-11-5-12-13(7-23-18(12)14(22)6-11)19-26-15(8-24-27-19)25-17-10-3-1-9(2-4-10)16(17)20(28)29/h5-10,16,23H,1-4H2,(H,28,29)/t9?,10?,16-/m1/s1. The van der Waals surface area contributed by atoms with Crippen molar-refractivity contribution in [2.75, 3.05) is 0 Å². The molecule has 6 rings (SSSR count). The molecule has 0 amide bonds. The van der Waals surface area contributed by atoms with E-state index in [1.54, 1.807) is 0 Å². The Morgan fingerprint density at radius 2 is 2.00 bits per heavy atom. The number of aromatic amines is 1. The third-order valence-electron chi connectivity index (χ3n) is 5.98. The van der Waals surface area contributed by atoms with Crippen LogP contribution >= 0.6 is 0 Å². The molecule has 0 aliphatic heterocycles. The SMILES string of the molecule is O=C(O)[C@H]1C(=Nc2cnnc(-c3c[nH]c4c(F)cc(F)cc34)n2)C2CCC1CC2. The molecule has 0 saturated heterocycles. The summed E-state index contributed by atoms with van der Waals surface area (Å²) in [7, 11) is 0. The summed E-state index contributed by atoms with van der Waals surface area (Å²) in [6.07, 6.45) is 6.53. The van der Waals surface area contributed by atoms with Crippen LogP contribution in [-0.4, -0.2) is 37.0 Å². The van der Waals surface area contributed by atoms with Gasteiger partial charge < -0.3 is 10.1 Å². The van der Waals surface area contributed by atoms with Gasteiger partial charge in [0, 0.05) is 28.9 Å². The van der Waals surface area contributed by atoms with Crippen molar-refractivity contribution in [3.05, 3.63) is 36.2 Å². The summed E-state index contributed by atoms with van der Waals surface area (Å²) in [4.78, 5) is 23.5. The molecule has 2 heterocycles. The van der Waals surface area contributed by atoms with Crippen LogP contribution < -0.4 is 0 Å². The minimum atomic E-state index is -0.858. The lowest BCUT2D eigenvalue weighted by atomic mass is 9.63. The molecule has 3 aliphatic rings. The Bertz CT molecular complexity index is 1150. The average Bonchev–Trinajstić information content (AvgIpc) is 3.13. The second kappa shape index (κ2) is 6.68. The maximum atomic E-state index is 14.0. The second-order valence-corrected chi connectivity index (χ2v) is 7.61. The molecule has 0 radical (unpaired) electrons. The monoisotopic (exact) mass is 397 g/mol. The average molecular weight is 397 g/mol. The number of benzene rings is 1. The normalized spacial score (nSPS) is 25.0. The number of fused-ring (bicyclic) bond motifs is 4. The molecular weight excluding hydrogens is 380 g/mol. The van der Waals surface area contributed by atoms with E-state index in [1.807, 2.05) is 0 Å². The van der Waals surface area contributed by atoms with Gasteiger partial charge in [-0.3, -0.25) is 4.79 Å². The molecule has 2 aromatic heterocycles. The van der Waals surface area contributed by atoms with Crippen molar-refractivity contribution < 1.29 is 18.7 Å². The van der Waals surface area contributed by atoms with Gasteiger partial charge in [-0.1, -0.05) is 0 Å². The first-order valence-corrected chi connectivity index (χ1v) is 9.49. The van der Waals surface area contributed by atoms with E-state index in [0.29, 0.717) is 16.7 Å². The first kappa shape index (κ1) is 17.8. The number of hydrogen-bond acceptors (Lipinski definition) is 5. The Hall–Kier alpha value is -3.23. The molecule has 7 nitrogen and oxygen atoms in total. The summed E-state index contributed by atoms with van der Waals surface area (Å²) < 4.78 is 27.6. The van der Waals surface area contributed by atoms with Crippen molar-refractivity contribution in [2.24, 2.45) is 22.7 Å². The molecule has 1 atom stereocenters. The van der Waals surface area contributed by atoms with Crippen LogP contribution in [0.2, 0.25) is 0 Å². The molecule has 29 heavy (non-hydrogen) atoms. The van der Waals surface area contributed by atoms with E-state index in [4.69, 9.17) is 0 Å². The van der Waals surface area contributed by atoms with Gasteiger partial charge in [-0.25, -0.2) is 18.8 Å². The second-order valence-electron chi connectivity index (χ2n) is 7.61. The van der Waals surface area contributed by atoms with Crippen LogP contribution in [0.15, 0.2) is 29.5 Å². The van der Waals surface area contributed by atoms with E-state index in [1.165, 1.54) is 18.5 Å². The van der Waals surface area contributed by atoms with E-state index in [-0.39, 0.29) is 29.0 Å². The van der Waals surface area contributed by atoms with Gasteiger partial charge in [0.15, 0.2) is 11.6 Å². The molecule has 2 bridgehead atoms. The number of aromatic nitrogens is 4. The molecule has 9 heteroatoms. The summed E-state index contributed by atoms with van der Waals surface area (Å²) in [6, 6.07) is 2.00. The number of aliphatic imine (C=N–C) groups is 1. The number of nitrogens with one attached hydrogen (secondary N) is 1. The van der Waals surface area contributed by atoms with Gasteiger partial charge in [0.05, 0.1) is 17.6 Å². The molecule has 148 valence electrons. The van der Waals surface area contributed by atoms with Gasteiger partial charge in [-0.15, -0.1) is 5.10 Å². The van der Waals surface area contributed by atoms with Gasteiger partial charge in [0.2, 0.25) is 0 Å². The predicted octanol–water partition coefficient (Wildman–Crippen LogP) is 3.89. The van der Waals surface area contributed by atoms with Crippen molar-refractivity contribution in [3.8, 4) is 11.4 Å². The van der Waals surface area contributed by atoms with Crippen LogP contribution in [-0.2, 0) is 4.79 Å². The number of rotatable bonds is 3. The number of nitrogens with zero attached hydrogens (tertiary/aromatic N) is 4. The minimum absolute atomic E-state index is 0.102. The molecule has 2 N–H and O–H groups in total. The number of aliphatic carboxylic acids is 1. The third-order valence-corrected chi connectivity index (χ3v) is 5.98. The fraction of sp³-hybridized carbons (Fsp3) is 0.350. The molecule has 0 spiro atoms. The van der Waals surface area contributed by atoms with Crippen LogP contribution in [0, 0.1) is 29.4 Å². The summed E-state index contributed by atoms with van der Waals surface area (Å²) in [6.45, 7) is 0. The third kappa shape index (κ3) is 2.97. The van der Waals surface area contributed by atoms with Crippen molar-refractivity contribution in [1.29, 1.82) is 0 Å². The number of halogens is 2. The van der Waals surface area contributed by atoms with Gasteiger partial charge in [-0.05, 0) is 43.6 Å². The van der Waals surface area contributed by atoms with Gasteiger partial charge >= 0.3 is 5.97 Å². The van der Waals surface area contributed by atoms with Crippen LogP contribution in [0.25, 0.3) is 22.3 Å². The Morgan fingerprint density at radius 1 is 1.21 bits per heavy atom. The summed E-state index contributed by atoms with van der Waals surface area (Å²) >= 11 is 0. The highest BCUT2D eigenvalue weighted by Gasteiger charge is 2.44. The molecule has 3 fully saturated rings. The topological polar surface area (TPSA) is 104 Å². The first-order valence-electron chi connectivity index (χ1n) is 9.49. The largest absolute Gasteiger partial charge is 0.481 e. The van der Waals surface area contributed by atoms with Crippen LogP contribution in [0.1, 0.15) is 25.7 Å². The van der Waals surface area contributed by atoms with E-state index < -0.39 is 23.5 Å². The van der Waals surface area contributed by atoms with Gasteiger partial charge in [-0.2, -0.15) is 5.10 Å². The molecular formula is C20H17F2N5O2. The molecule has 3 aliphatic carbocycles. The minimum Gasteiger partial charge on any atom is -0.481 e. The zero-order valence-electron chi connectivity index (χ0n) is 15.3. The number of carboxylic acids is 1. The van der Waals surface area contributed by atoms with E-state index in [0.717, 1.165) is 31.7 Å².